The Morgan fingerprint density at radius 3 is 2.84 bits per heavy atom. The molecular weight excluding hydrogens is 244 g/mol. The topological polar surface area (TPSA) is 55.8 Å². The first-order chi connectivity index (χ1) is 9.20. The van der Waals surface area contributed by atoms with Crippen LogP contribution in [-0.2, 0) is 4.79 Å². The maximum absolute atomic E-state index is 10.6. The van der Waals surface area contributed by atoms with Crippen molar-refractivity contribution in [3.05, 3.63) is 29.8 Å². The molecule has 19 heavy (non-hydrogen) atoms. The number of carbonyl (C=O) groups is 1. The van der Waals surface area contributed by atoms with Crippen LogP contribution >= 0.6 is 0 Å². The summed E-state index contributed by atoms with van der Waals surface area (Å²) >= 11 is 0. The van der Waals surface area contributed by atoms with E-state index in [4.69, 9.17) is 14.6 Å². The molecule has 4 nitrogen and oxygen atoms in total. The number of rotatable bonds is 7. The summed E-state index contributed by atoms with van der Waals surface area (Å²) < 4.78 is 11.3. The second kappa shape index (κ2) is 6.27. The molecular formula is C15H18O4. The molecule has 0 aliphatic heterocycles. The minimum Gasteiger partial charge on any atom is -0.490 e. The third-order valence-corrected chi connectivity index (χ3v) is 2.87. The van der Waals surface area contributed by atoms with Crippen molar-refractivity contribution in [3.8, 4) is 11.5 Å². The van der Waals surface area contributed by atoms with Crippen LogP contribution in [0.3, 0.4) is 0 Å². The van der Waals surface area contributed by atoms with Gasteiger partial charge in [0.25, 0.3) is 0 Å². The van der Waals surface area contributed by atoms with Gasteiger partial charge in [0.05, 0.1) is 13.2 Å². The van der Waals surface area contributed by atoms with Crippen LogP contribution < -0.4 is 9.47 Å². The number of hydrogen-bond acceptors (Lipinski definition) is 3. The fourth-order valence-corrected chi connectivity index (χ4v) is 1.73. The van der Waals surface area contributed by atoms with Crippen LogP contribution in [0.2, 0.25) is 0 Å². The summed E-state index contributed by atoms with van der Waals surface area (Å²) in [6.45, 7) is 3.12. The third kappa shape index (κ3) is 4.02. The third-order valence-electron chi connectivity index (χ3n) is 2.87. The van der Waals surface area contributed by atoms with Crippen molar-refractivity contribution in [1.82, 2.24) is 0 Å². The summed E-state index contributed by atoms with van der Waals surface area (Å²) in [5.41, 5.74) is 0.731. The van der Waals surface area contributed by atoms with Gasteiger partial charge in [0.2, 0.25) is 0 Å². The molecule has 1 fully saturated rings. The monoisotopic (exact) mass is 262 g/mol. The molecule has 0 bridgehead atoms. The molecule has 0 atom stereocenters. The molecule has 4 heteroatoms. The van der Waals surface area contributed by atoms with E-state index in [9.17, 15) is 4.79 Å². The Morgan fingerprint density at radius 1 is 1.42 bits per heavy atom. The molecule has 0 spiro atoms. The van der Waals surface area contributed by atoms with Crippen molar-refractivity contribution in [2.45, 2.75) is 19.8 Å². The molecule has 1 aromatic carbocycles. The predicted molar refractivity (Wildman–Crippen MR) is 72.5 cm³/mol. The van der Waals surface area contributed by atoms with Crippen LogP contribution in [0.25, 0.3) is 6.08 Å². The summed E-state index contributed by atoms with van der Waals surface area (Å²) in [5, 5.41) is 8.71. The Hall–Kier alpha value is -1.97. The first kappa shape index (κ1) is 13.5. The van der Waals surface area contributed by atoms with Crippen molar-refractivity contribution in [2.24, 2.45) is 5.92 Å². The van der Waals surface area contributed by atoms with Crippen LogP contribution in [0.1, 0.15) is 25.3 Å². The van der Waals surface area contributed by atoms with E-state index in [1.807, 2.05) is 25.1 Å². The van der Waals surface area contributed by atoms with E-state index in [0.717, 1.165) is 11.6 Å². The Morgan fingerprint density at radius 2 is 2.21 bits per heavy atom. The minimum absolute atomic E-state index is 0.548. The van der Waals surface area contributed by atoms with Crippen molar-refractivity contribution < 1.29 is 19.4 Å². The first-order valence-corrected chi connectivity index (χ1v) is 6.50. The van der Waals surface area contributed by atoms with Crippen molar-refractivity contribution in [2.75, 3.05) is 13.2 Å². The lowest BCUT2D eigenvalue weighted by atomic mass is 10.1. The van der Waals surface area contributed by atoms with Gasteiger partial charge in [-0.1, -0.05) is 12.1 Å². The van der Waals surface area contributed by atoms with Crippen molar-refractivity contribution in [3.63, 3.8) is 0 Å². The molecule has 0 unspecified atom stereocenters. The van der Waals surface area contributed by atoms with Gasteiger partial charge >= 0.3 is 5.97 Å². The Kier molecular flexibility index (Phi) is 4.44. The van der Waals surface area contributed by atoms with Gasteiger partial charge in [0.15, 0.2) is 11.5 Å². The fraction of sp³-hybridized carbons (Fsp3) is 0.400. The van der Waals surface area contributed by atoms with Gasteiger partial charge in [-0.25, -0.2) is 4.79 Å². The van der Waals surface area contributed by atoms with Crippen LogP contribution in [0, 0.1) is 5.92 Å². The van der Waals surface area contributed by atoms with E-state index in [-0.39, 0.29) is 0 Å². The summed E-state index contributed by atoms with van der Waals surface area (Å²) in [7, 11) is 0. The number of para-hydroxylation sites is 1. The van der Waals surface area contributed by atoms with E-state index >= 15 is 0 Å². The molecule has 0 aromatic heterocycles. The Labute approximate surface area is 112 Å². The zero-order valence-corrected chi connectivity index (χ0v) is 11.0. The lowest BCUT2D eigenvalue weighted by Gasteiger charge is -2.14. The summed E-state index contributed by atoms with van der Waals surface area (Å²) in [6, 6.07) is 5.49. The first-order valence-electron chi connectivity index (χ1n) is 6.50. The summed E-state index contributed by atoms with van der Waals surface area (Å²) in [5.74, 6) is 0.949. The summed E-state index contributed by atoms with van der Waals surface area (Å²) in [6.07, 6.45) is 5.05. The molecule has 1 aliphatic rings. The second-order valence-corrected chi connectivity index (χ2v) is 4.53. The van der Waals surface area contributed by atoms with Crippen LogP contribution in [0.15, 0.2) is 24.3 Å². The molecule has 0 radical (unpaired) electrons. The molecule has 1 saturated carbocycles. The fourth-order valence-electron chi connectivity index (χ4n) is 1.73. The standard InChI is InChI=1S/C15H18O4/c1-2-18-13-5-3-4-12(8-9-14(16)17)15(13)19-10-11-6-7-11/h3-5,8-9,11H,2,6-7,10H2,1H3,(H,16,17)/b9-8+. The average molecular weight is 262 g/mol. The highest BCUT2D eigenvalue weighted by Crippen LogP contribution is 2.35. The number of carboxylic acids is 1. The molecule has 0 amide bonds. The zero-order chi connectivity index (χ0) is 13.7. The molecule has 1 aliphatic carbocycles. The number of benzene rings is 1. The molecule has 0 heterocycles. The maximum Gasteiger partial charge on any atom is 0.328 e. The normalized spacial score (nSPS) is 14.6. The van der Waals surface area contributed by atoms with Crippen molar-refractivity contribution in [1.29, 1.82) is 0 Å². The number of hydrogen-bond donors (Lipinski definition) is 1. The smallest absolute Gasteiger partial charge is 0.328 e. The second-order valence-electron chi connectivity index (χ2n) is 4.53. The maximum atomic E-state index is 10.6. The number of aliphatic carboxylic acids is 1. The van der Waals surface area contributed by atoms with Gasteiger partial charge in [-0.3, -0.25) is 0 Å². The van der Waals surface area contributed by atoms with E-state index < -0.39 is 5.97 Å². The zero-order valence-electron chi connectivity index (χ0n) is 11.0. The van der Waals surface area contributed by atoms with E-state index in [2.05, 4.69) is 0 Å². The quantitative estimate of drug-likeness (QED) is 0.767. The minimum atomic E-state index is -0.977. The van der Waals surface area contributed by atoms with Crippen molar-refractivity contribution >= 4 is 12.0 Å². The highest BCUT2D eigenvalue weighted by Gasteiger charge is 2.23. The van der Waals surface area contributed by atoms with Gasteiger partial charge < -0.3 is 14.6 Å². The molecule has 102 valence electrons. The Bertz CT molecular complexity index is 475. The lowest BCUT2D eigenvalue weighted by molar-refractivity contribution is -0.131. The summed E-state index contributed by atoms with van der Waals surface area (Å²) in [4.78, 5) is 10.6. The Balaban J connectivity index is 2.22. The lowest BCUT2D eigenvalue weighted by Crippen LogP contribution is -2.03. The average Bonchev–Trinajstić information content (AvgIpc) is 3.19. The van der Waals surface area contributed by atoms with Gasteiger partial charge in [0.1, 0.15) is 0 Å². The van der Waals surface area contributed by atoms with E-state index in [0.29, 0.717) is 30.6 Å². The van der Waals surface area contributed by atoms with E-state index in [1.54, 1.807) is 0 Å². The van der Waals surface area contributed by atoms with Gasteiger partial charge in [-0.15, -0.1) is 0 Å². The largest absolute Gasteiger partial charge is 0.490 e. The number of carboxylic acid groups (broad SMARTS) is 1. The van der Waals surface area contributed by atoms with Gasteiger partial charge in [-0.05, 0) is 37.8 Å². The SMILES string of the molecule is CCOc1cccc(/C=C/C(=O)O)c1OCC1CC1. The molecule has 1 N–H and O–H groups in total. The molecule has 2 rings (SSSR count). The highest BCUT2D eigenvalue weighted by atomic mass is 16.5. The van der Waals surface area contributed by atoms with Crippen LogP contribution in [0.5, 0.6) is 11.5 Å². The number of ether oxygens (including phenoxy) is 2. The molecule has 1 aromatic rings. The highest BCUT2D eigenvalue weighted by molar-refractivity contribution is 5.86. The van der Waals surface area contributed by atoms with Gasteiger partial charge in [-0.2, -0.15) is 0 Å². The molecule has 0 saturated heterocycles. The van der Waals surface area contributed by atoms with Crippen LogP contribution in [-0.4, -0.2) is 24.3 Å². The van der Waals surface area contributed by atoms with Gasteiger partial charge in [0, 0.05) is 11.6 Å². The predicted octanol–water partition coefficient (Wildman–Crippen LogP) is 2.97. The van der Waals surface area contributed by atoms with E-state index in [1.165, 1.54) is 18.9 Å². The van der Waals surface area contributed by atoms with Crippen LogP contribution in [0.4, 0.5) is 0 Å².